The predicted molar refractivity (Wildman–Crippen MR) is 158 cm³/mol. The standard InChI is InChI=1S/C33H32F2N4O2/c34-29-20-28(21-30(35)33(29)37-18-16-23(17-19-37)22-4-2-1-3-5-22)38-31(24-6-10-26(36)11-7-24)14-15-32(38)25-8-12-27(13-9-25)39(40)41/h1-13,20-21,23,31-32H,14-19,36H2/t31-,32-/m0/s1. The van der Waals surface area contributed by atoms with Crippen LogP contribution in [0.2, 0.25) is 0 Å². The van der Waals surface area contributed by atoms with E-state index in [0.29, 0.717) is 30.4 Å². The number of nitrogens with two attached hydrogens (primary N) is 1. The van der Waals surface area contributed by atoms with Crippen LogP contribution in [0.15, 0.2) is 91.0 Å². The zero-order valence-corrected chi connectivity index (χ0v) is 22.6. The van der Waals surface area contributed by atoms with Crippen LogP contribution in [0.1, 0.15) is 60.4 Å². The van der Waals surface area contributed by atoms with Gasteiger partial charge in [0.2, 0.25) is 0 Å². The molecule has 6 nitrogen and oxygen atoms in total. The Morgan fingerprint density at radius 3 is 1.80 bits per heavy atom. The van der Waals surface area contributed by atoms with E-state index in [9.17, 15) is 10.1 Å². The van der Waals surface area contributed by atoms with Gasteiger partial charge in [-0.15, -0.1) is 0 Å². The fourth-order valence-corrected chi connectivity index (χ4v) is 6.53. The van der Waals surface area contributed by atoms with Gasteiger partial charge in [0.05, 0.1) is 17.0 Å². The number of hydrogen-bond acceptors (Lipinski definition) is 5. The van der Waals surface area contributed by atoms with Crippen molar-refractivity contribution >= 4 is 22.7 Å². The van der Waals surface area contributed by atoms with Crippen LogP contribution >= 0.6 is 0 Å². The summed E-state index contributed by atoms with van der Waals surface area (Å²) in [5, 5.41) is 11.2. The molecule has 210 valence electrons. The van der Waals surface area contributed by atoms with Crippen LogP contribution in [-0.4, -0.2) is 18.0 Å². The highest BCUT2D eigenvalue weighted by atomic mass is 19.1. The van der Waals surface area contributed by atoms with Crippen molar-refractivity contribution in [3.05, 3.63) is 129 Å². The van der Waals surface area contributed by atoms with E-state index in [1.807, 2.05) is 52.3 Å². The quantitative estimate of drug-likeness (QED) is 0.149. The molecule has 41 heavy (non-hydrogen) atoms. The lowest BCUT2D eigenvalue weighted by atomic mass is 9.89. The number of nitro groups is 1. The number of rotatable bonds is 6. The van der Waals surface area contributed by atoms with Crippen molar-refractivity contribution < 1.29 is 13.7 Å². The van der Waals surface area contributed by atoms with Gasteiger partial charge in [-0.3, -0.25) is 10.1 Å². The van der Waals surface area contributed by atoms with E-state index in [-0.39, 0.29) is 23.5 Å². The van der Waals surface area contributed by atoms with Crippen LogP contribution in [0.3, 0.4) is 0 Å². The normalized spacial score (nSPS) is 19.5. The predicted octanol–water partition coefficient (Wildman–Crippen LogP) is 7.92. The molecule has 0 aromatic heterocycles. The molecule has 0 unspecified atom stereocenters. The Morgan fingerprint density at radius 2 is 1.27 bits per heavy atom. The minimum Gasteiger partial charge on any atom is -0.399 e. The molecule has 2 heterocycles. The maximum atomic E-state index is 15.8. The molecule has 2 atom stereocenters. The summed E-state index contributed by atoms with van der Waals surface area (Å²) in [5.41, 5.74) is 10.2. The maximum Gasteiger partial charge on any atom is 0.269 e. The number of piperidine rings is 1. The van der Waals surface area contributed by atoms with Crippen molar-refractivity contribution in [1.82, 2.24) is 0 Å². The molecule has 8 heteroatoms. The van der Waals surface area contributed by atoms with E-state index >= 15 is 8.78 Å². The van der Waals surface area contributed by atoms with Crippen molar-refractivity contribution in [3.8, 4) is 0 Å². The first-order valence-electron chi connectivity index (χ1n) is 14.1. The summed E-state index contributed by atoms with van der Waals surface area (Å²) in [4.78, 5) is 14.6. The van der Waals surface area contributed by atoms with Crippen LogP contribution < -0.4 is 15.5 Å². The van der Waals surface area contributed by atoms with Gasteiger partial charge in [0, 0.05) is 36.6 Å². The Labute approximate surface area is 238 Å². The smallest absolute Gasteiger partial charge is 0.269 e. The van der Waals surface area contributed by atoms with Crippen molar-refractivity contribution in [2.75, 3.05) is 28.6 Å². The fraction of sp³-hybridized carbons (Fsp3) is 0.273. The topological polar surface area (TPSA) is 75.6 Å². The lowest BCUT2D eigenvalue weighted by Crippen LogP contribution is -2.34. The van der Waals surface area contributed by atoms with Crippen LogP contribution in [-0.2, 0) is 0 Å². The van der Waals surface area contributed by atoms with Crippen LogP contribution in [0, 0.1) is 21.7 Å². The summed E-state index contributed by atoms with van der Waals surface area (Å²) in [6, 6.07) is 26.8. The molecule has 4 aromatic rings. The molecular formula is C33H32F2N4O2. The number of hydrogen-bond donors (Lipinski definition) is 1. The van der Waals surface area contributed by atoms with Gasteiger partial charge in [-0.25, -0.2) is 8.78 Å². The first-order chi connectivity index (χ1) is 19.9. The summed E-state index contributed by atoms with van der Waals surface area (Å²) in [7, 11) is 0. The molecule has 0 spiro atoms. The van der Waals surface area contributed by atoms with Gasteiger partial charge in [0.25, 0.3) is 5.69 Å². The summed E-state index contributed by atoms with van der Waals surface area (Å²) < 4.78 is 31.6. The Balaban J connectivity index is 1.31. The van der Waals surface area contributed by atoms with E-state index in [1.165, 1.54) is 29.8 Å². The molecule has 0 bridgehead atoms. The second kappa shape index (κ2) is 11.2. The summed E-state index contributed by atoms with van der Waals surface area (Å²) in [6.45, 7) is 1.16. The van der Waals surface area contributed by atoms with Crippen LogP contribution in [0.4, 0.5) is 31.5 Å². The van der Waals surface area contributed by atoms with Gasteiger partial charge < -0.3 is 15.5 Å². The molecular weight excluding hydrogens is 522 g/mol. The molecule has 4 aromatic carbocycles. The number of nitrogen functional groups attached to an aromatic ring is 1. The second-order valence-corrected chi connectivity index (χ2v) is 11.0. The summed E-state index contributed by atoms with van der Waals surface area (Å²) in [5.74, 6) is -0.780. The average Bonchev–Trinajstić information content (AvgIpc) is 3.43. The molecule has 0 aliphatic carbocycles. The highest BCUT2D eigenvalue weighted by molar-refractivity contribution is 5.62. The molecule has 2 aliphatic rings. The average molecular weight is 555 g/mol. The van der Waals surface area contributed by atoms with E-state index in [2.05, 4.69) is 12.1 Å². The SMILES string of the molecule is Nc1ccc([C@@H]2CC[C@@H](c3ccc([N+](=O)[O-])cc3)N2c2cc(F)c(N3CCC(c4ccccc4)CC3)c(F)c2)cc1. The molecule has 6 rings (SSSR count). The number of non-ortho nitro benzene ring substituents is 1. The third kappa shape index (κ3) is 5.34. The minimum atomic E-state index is -0.580. The lowest BCUT2D eigenvalue weighted by Gasteiger charge is -2.36. The van der Waals surface area contributed by atoms with Gasteiger partial charge in [-0.2, -0.15) is 0 Å². The third-order valence-electron chi connectivity index (χ3n) is 8.58. The highest BCUT2D eigenvalue weighted by Gasteiger charge is 2.37. The molecule has 2 aliphatic heterocycles. The van der Waals surface area contributed by atoms with E-state index in [4.69, 9.17) is 5.73 Å². The Hall–Kier alpha value is -4.46. The van der Waals surface area contributed by atoms with Crippen molar-refractivity contribution in [2.24, 2.45) is 0 Å². The zero-order chi connectivity index (χ0) is 28.5. The third-order valence-corrected chi connectivity index (χ3v) is 8.58. The number of nitro benzene ring substituents is 1. The number of anilines is 3. The highest BCUT2D eigenvalue weighted by Crippen LogP contribution is 2.48. The Bertz CT molecular complexity index is 1500. The van der Waals surface area contributed by atoms with Gasteiger partial charge >= 0.3 is 0 Å². The van der Waals surface area contributed by atoms with Crippen molar-refractivity contribution in [3.63, 3.8) is 0 Å². The van der Waals surface area contributed by atoms with Gasteiger partial charge in [0.1, 0.15) is 5.69 Å². The number of benzene rings is 4. The van der Waals surface area contributed by atoms with Crippen LogP contribution in [0.25, 0.3) is 0 Å². The van der Waals surface area contributed by atoms with Crippen molar-refractivity contribution in [2.45, 2.75) is 43.7 Å². The first-order valence-corrected chi connectivity index (χ1v) is 14.1. The first kappa shape index (κ1) is 26.7. The van der Waals surface area contributed by atoms with E-state index < -0.39 is 16.6 Å². The molecule has 0 saturated carbocycles. The van der Waals surface area contributed by atoms with Gasteiger partial charge in [-0.1, -0.05) is 54.6 Å². The van der Waals surface area contributed by atoms with Gasteiger partial charge in [-0.05, 0) is 72.6 Å². The lowest BCUT2D eigenvalue weighted by molar-refractivity contribution is -0.384. The van der Waals surface area contributed by atoms with E-state index in [1.54, 1.807) is 12.1 Å². The summed E-state index contributed by atoms with van der Waals surface area (Å²) in [6.07, 6.45) is 3.14. The Morgan fingerprint density at radius 1 is 0.732 bits per heavy atom. The molecule has 2 saturated heterocycles. The zero-order valence-electron chi connectivity index (χ0n) is 22.6. The van der Waals surface area contributed by atoms with Crippen LogP contribution in [0.5, 0.6) is 0 Å². The summed E-state index contributed by atoms with van der Waals surface area (Å²) >= 11 is 0. The monoisotopic (exact) mass is 554 g/mol. The Kier molecular flexibility index (Phi) is 7.30. The fourth-order valence-electron chi connectivity index (χ4n) is 6.53. The number of halogens is 2. The molecule has 2 fully saturated rings. The van der Waals surface area contributed by atoms with E-state index in [0.717, 1.165) is 36.8 Å². The molecule has 0 radical (unpaired) electrons. The molecule has 2 N–H and O–H groups in total. The van der Waals surface area contributed by atoms with Crippen molar-refractivity contribution in [1.29, 1.82) is 0 Å². The second-order valence-electron chi connectivity index (χ2n) is 11.0. The van der Waals surface area contributed by atoms with Gasteiger partial charge in [0.15, 0.2) is 11.6 Å². The number of nitrogens with zero attached hydrogens (tertiary/aromatic N) is 3. The molecule has 0 amide bonds. The minimum absolute atomic E-state index is 0.00542. The maximum absolute atomic E-state index is 15.8. The largest absolute Gasteiger partial charge is 0.399 e.